The van der Waals surface area contributed by atoms with Gasteiger partial charge in [-0.15, -0.1) is 12.4 Å². The van der Waals surface area contributed by atoms with Crippen LogP contribution >= 0.6 is 12.4 Å². The number of carboxylic acid groups (broad SMARTS) is 1. The lowest BCUT2D eigenvalue weighted by Gasteiger charge is -2.06. The van der Waals surface area contributed by atoms with Crippen LogP contribution in [0.25, 0.3) is 10.8 Å². The van der Waals surface area contributed by atoms with E-state index in [1.165, 1.54) is 7.11 Å². The van der Waals surface area contributed by atoms with Crippen LogP contribution in [-0.2, 0) is 0 Å². The summed E-state index contributed by atoms with van der Waals surface area (Å²) in [5, 5.41) is 10.7. The molecule has 0 amide bonds. The number of pyridine rings is 1. The molecule has 0 aliphatic carbocycles. The number of carbonyl (C=O) groups is 1. The summed E-state index contributed by atoms with van der Waals surface area (Å²) in [5.74, 6) is -0.645. The van der Waals surface area contributed by atoms with E-state index in [0.717, 1.165) is 10.8 Å². The van der Waals surface area contributed by atoms with Crippen molar-refractivity contribution in [2.75, 3.05) is 7.11 Å². The van der Waals surface area contributed by atoms with E-state index >= 15 is 0 Å². The van der Waals surface area contributed by atoms with Gasteiger partial charge in [-0.2, -0.15) is 0 Å². The van der Waals surface area contributed by atoms with Crippen molar-refractivity contribution in [3.8, 4) is 5.75 Å². The van der Waals surface area contributed by atoms with Crippen LogP contribution in [0.4, 0.5) is 0 Å². The molecule has 0 spiro atoms. The Labute approximate surface area is 98.3 Å². The van der Waals surface area contributed by atoms with Crippen molar-refractivity contribution in [2.24, 2.45) is 0 Å². The van der Waals surface area contributed by atoms with Crippen LogP contribution < -0.4 is 4.74 Å². The lowest BCUT2D eigenvalue weighted by molar-refractivity contribution is 0.0693. The zero-order chi connectivity index (χ0) is 10.8. The Kier molecular flexibility index (Phi) is 3.68. The molecule has 0 aliphatic heterocycles. The highest BCUT2D eigenvalue weighted by Gasteiger charge is 2.11. The fourth-order valence-corrected chi connectivity index (χ4v) is 1.45. The van der Waals surface area contributed by atoms with Gasteiger partial charge in [0, 0.05) is 17.8 Å². The third-order valence-corrected chi connectivity index (χ3v) is 2.19. The smallest absolute Gasteiger partial charge is 0.339 e. The molecule has 1 N–H and O–H groups in total. The van der Waals surface area contributed by atoms with Crippen LogP contribution in [0.5, 0.6) is 5.75 Å². The molecule has 0 saturated heterocycles. The van der Waals surface area contributed by atoms with Gasteiger partial charge in [0.2, 0.25) is 0 Å². The molecule has 16 heavy (non-hydrogen) atoms. The molecular formula is C11H10ClNO3. The predicted molar refractivity (Wildman–Crippen MR) is 62.5 cm³/mol. The van der Waals surface area contributed by atoms with E-state index in [0.29, 0.717) is 5.75 Å². The Bertz CT molecular complexity index is 528. The first-order chi connectivity index (χ1) is 7.22. The molecule has 0 unspecified atom stereocenters. The summed E-state index contributed by atoms with van der Waals surface area (Å²) in [6.07, 6.45) is 3.30. The standard InChI is InChI=1S/C11H9NO3.ClH/c1-15-10-5-8-6-12-3-2-7(8)4-9(10)11(13)14;/h2-6H,1H3,(H,13,14);1H. The van der Waals surface area contributed by atoms with Gasteiger partial charge >= 0.3 is 5.97 Å². The Morgan fingerprint density at radius 2 is 2.12 bits per heavy atom. The van der Waals surface area contributed by atoms with Gasteiger partial charge in [0.15, 0.2) is 0 Å². The van der Waals surface area contributed by atoms with Gasteiger partial charge in [-0.1, -0.05) is 0 Å². The molecule has 4 nitrogen and oxygen atoms in total. The van der Waals surface area contributed by atoms with Crippen LogP contribution in [0.15, 0.2) is 30.6 Å². The highest BCUT2D eigenvalue weighted by atomic mass is 35.5. The molecule has 0 aliphatic rings. The van der Waals surface area contributed by atoms with E-state index in [4.69, 9.17) is 9.84 Å². The minimum Gasteiger partial charge on any atom is -0.496 e. The molecule has 0 atom stereocenters. The Morgan fingerprint density at radius 3 is 2.75 bits per heavy atom. The van der Waals surface area contributed by atoms with Crippen LogP contribution in [-0.4, -0.2) is 23.2 Å². The Morgan fingerprint density at radius 1 is 1.38 bits per heavy atom. The van der Waals surface area contributed by atoms with Crippen LogP contribution in [0, 0.1) is 0 Å². The fourth-order valence-electron chi connectivity index (χ4n) is 1.45. The monoisotopic (exact) mass is 239 g/mol. The fraction of sp³-hybridized carbons (Fsp3) is 0.0909. The van der Waals surface area contributed by atoms with Crippen LogP contribution in [0.3, 0.4) is 0 Å². The number of aromatic nitrogens is 1. The highest BCUT2D eigenvalue weighted by Crippen LogP contribution is 2.25. The summed E-state index contributed by atoms with van der Waals surface area (Å²) in [6, 6.07) is 5.02. The quantitative estimate of drug-likeness (QED) is 0.874. The zero-order valence-corrected chi connectivity index (χ0v) is 9.32. The molecular weight excluding hydrogens is 230 g/mol. The number of ether oxygens (including phenoxy) is 1. The first kappa shape index (κ1) is 12.3. The number of nitrogens with zero attached hydrogens (tertiary/aromatic N) is 1. The number of benzene rings is 1. The van der Waals surface area contributed by atoms with E-state index in [2.05, 4.69) is 4.98 Å². The number of carboxylic acids is 1. The normalized spacial score (nSPS) is 9.56. The first-order valence-corrected chi connectivity index (χ1v) is 4.37. The SMILES string of the molecule is COc1cc2cnccc2cc1C(=O)O.Cl. The molecule has 0 fully saturated rings. The van der Waals surface area contributed by atoms with Gasteiger partial charge in [-0.3, -0.25) is 4.98 Å². The van der Waals surface area contributed by atoms with Crippen molar-refractivity contribution >= 4 is 29.1 Å². The Balaban J connectivity index is 0.00000128. The number of methoxy groups -OCH3 is 1. The van der Waals surface area contributed by atoms with Crippen molar-refractivity contribution in [2.45, 2.75) is 0 Å². The van der Waals surface area contributed by atoms with Crippen molar-refractivity contribution in [1.29, 1.82) is 0 Å². The maximum Gasteiger partial charge on any atom is 0.339 e. The minimum atomic E-state index is -0.995. The number of halogens is 1. The predicted octanol–water partition coefficient (Wildman–Crippen LogP) is 2.36. The van der Waals surface area contributed by atoms with Gasteiger partial charge in [0.05, 0.1) is 7.11 Å². The zero-order valence-electron chi connectivity index (χ0n) is 8.51. The molecule has 2 rings (SSSR count). The maximum atomic E-state index is 10.9. The highest BCUT2D eigenvalue weighted by molar-refractivity contribution is 5.97. The van der Waals surface area contributed by atoms with Crippen molar-refractivity contribution in [1.82, 2.24) is 4.98 Å². The minimum absolute atomic E-state index is 0. The molecule has 1 aromatic carbocycles. The third-order valence-electron chi connectivity index (χ3n) is 2.19. The lowest BCUT2D eigenvalue weighted by atomic mass is 10.1. The van der Waals surface area contributed by atoms with E-state index in [-0.39, 0.29) is 18.0 Å². The number of aromatic carboxylic acids is 1. The van der Waals surface area contributed by atoms with E-state index in [1.54, 1.807) is 30.6 Å². The second-order valence-corrected chi connectivity index (χ2v) is 3.08. The second kappa shape index (κ2) is 4.81. The first-order valence-electron chi connectivity index (χ1n) is 4.37. The summed E-state index contributed by atoms with van der Waals surface area (Å²) >= 11 is 0. The van der Waals surface area contributed by atoms with Crippen LogP contribution in [0.1, 0.15) is 10.4 Å². The Hall–Kier alpha value is -1.81. The van der Waals surface area contributed by atoms with Crippen molar-refractivity contribution < 1.29 is 14.6 Å². The average Bonchev–Trinajstić information content (AvgIpc) is 2.27. The summed E-state index contributed by atoms with van der Waals surface area (Å²) in [5.41, 5.74) is 0.163. The molecule has 84 valence electrons. The lowest BCUT2D eigenvalue weighted by Crippen LogP contribution is -2.00. The van der Waals surface area contributed by atoms with Gasteiger partial charge in [0.25, 0.3) is 0 Å². The molecule has 0 saturated carbocycles. The van der Waals surface area contributed by atoms with Gasteiger partial charge in [-0.25, -0.2) is 4.79 Å². The molecule has 0 radical (unpaired) electrons. The number of fused-ring (bicyclic) bond motifs is 1. The molecule has 5 heteroatoms. The maximum absolute atomic E-state index is 10.9. The van der Waals surface area contributed by atoms with Crippen LogP contribution in [0.2, 0.25) is 0 Å². The van der Waals surface area contributed by atoms with Crippen molar-refractivity contribution in [3.63, 3.8) is 0 Å². The number of hydrogen-bond donors (Lipinski definition) is 1. The number of hydrogen-bond acceptors (Lipinski definition) is 3. The summed E-state index contributed by atoms with van der Waals surface area (Å²) in [4.78, 5) is 14.9. The van der Waals surface area contributed by atoms with Gasteiger partial charge in [0.1, 0.15) is 11.3 Å². The summed E-state index contributed by atoms with van der Waals surface area (Å²) in [7, 11) is 1.45. The molecule has 0 bridgehead atoms. The van der Waals surface area contributed by atoms with E-state index in [1.807, 2.05) is 0 Å². The third kappa shape index (κ3) is 2.06. The van der Waals surface area contributed by atoms with Gasteiger partial charge in [-0.05, 0) is 23.6 Å². The topological polar surface area (TPSA) is 59.4 Å². The average molecular weight is 240 g/mol. The second-order valence-electron chi connectivity index (χ2n) is 3.08. The summed E-state index contributed by atoms with van der Waals surface area (Å²) in [6.45, 7) is 0. The number of rotatable bonds is 2. The molecule has 2 aromatic rings. The van der Waals surface area contributed by atoms with E-state index < -0.39 is 5.97 Å². The van der Waals surface area contributed by atoms with Crippen molar-refractivity contribution in [3.05, 3.63) is 36.2 Å². The summed E-state index contributed by atoms with van der Waals surface area (Å²) < 4.78 is 5.01. The van der Waals surface area contributed by atoms with Gasteiger partial charge < -0.3 is 9.84 Å². The molecule has 1 aromatic heterocycles. The molecule has 1 heterocycles. The largest absolute Gasteiger partial charge is 0.496 e. The van der Waals surface area contributed by atoms with E-state index in [9.17, 15) is 4.79 Å².